The van der Waals surface area contributed by atoms with Crippen LogP contribution in [0.1, 0.15) is 27.0 Å². The third-order valence-corrected chi connectivity index (χ3v) is 3.27. The lowest BCUT2D eigenvalue weighted by Crippen LogP contribution is -2.35. The molecule has 0 spiro atoms. The molecule has 4 N–H and O–H groups in total. The normalized spacial score (nSPS) is 22.9. The van der Waals surface area contributed by atoms with Crippen LogP contribution in [0.25, 0.3) is 0 Å². The molecule has 22 heavy (non-hydrogen) atoms. The van der Waals surface area contributed by atoms with Gasteiger partial charge in [0.25, 0.3) is 0 Å². The molecule has 1 aromatic heterocycles. The molecule has 1 unspecified atom stereocenters. The molecule has 8 heteroatoms. The topological polar surface area (TPSA) is 128 Å². The van der Waals surface area contributed by atoms with E-state index in [1.165, 1.54) is 18.3 Å². The summed E-state index contributed by atoms with van der Waals surface area (Å²) < 4.78 is 6.42. The minimum atomic E-state index is -1.50. The number of anilines is 1. The Morgan fingerprint density at radius 2 is 2.14 bits per heavy atom. The monoisotopic (exact) mass is 309 g/mol. The molecule has 0 amide bonds. The summed E-state index contributed by atoms with van der Waals surface area (Å²) in [5.41, 5.74) is 3.93. The predicted octanol–water partition coefficient (Wildman–Crippen LogP) is -0.425. The number of rotatable bonds is 3. The average molecular weight is 309 g/mol. The standard InChI is InChI=1S/C14H19N3O5/c1-14(2,3)11(20)10(19)8-6-7(18)12(22-8)17-5-4-9(15)16-13(17)21/h4-7,10,12,18-19H,1-3H3,(H2,15,16,21)/t7-,10?,12-/m1/s1. The van der Waals surface area contributed by atoms with Gasteiger partial charge in [-0.2, -0.15) is 4.98 Å². The van der Waals surface area contributed by atoms with Gasteiger partial charge in [0.1, 0.15) is 17.7 Å². The van der Waals surface area contributed by atoms with Crippen molar-refractivity contribution >= 4 is 11.6 Å². The van der Waals surface area contributed by atoms with Crippen molar-refractivity contribution in [3.63, 3.8) is 0 Å². The first-order valence-corrected chi connectivity index (χ1v) is 6.75. The Bertz CT molecular complexity index is 674. The van der Waals surface area contributed by atoms with E-state index in [1.807, 2.05) is 0 Å². The van der Waals surface area contributed by atoms with Gasteiger partial charge in [0, 0.05) is 11.6 Å². The lowest BCUT2D eigenvalue weighted by molar-refractivity contribution is -0.135. The number of hydrogen-bond donors (Lipinski definition) is 3. The number of hydrogen-bond acceptors (Lipinski definition) is 7. The number of ether oxygens (including phenoxy) is 1. The van der Waals surface area contributed by atoms with Crippen molar-refractivity contribution in [2.45, 2.75) is 39.2 Å². The summed E-state index contributed by atoms with van der Waals surface area (Å²) in [5.74, 6) is -0.486. The van der Waals surface area contributed by atoms with Crippen molar-refractivity contribution in [3.8, 4) is 0 Å². The van der Waals surface area contributed by atoms with Crippen LogP contribution in [0.3, 0.4) is 0 Å². The van der Waals surface area contributed by atoms with E-state index in [0.29, 0.717) is 0 Å². The molecule has 0 bridgehead atoms. The van der Waals surface area contributed by atoms with Crippen molar-refractivity contribution in [1.29, 1.82) is 0 Å². The number of carbonyl (C=O) groups excluding carboxylic acids is 1. The molecule has 0 aromatic carbocycles. The van der Waals surface area contributed by atoms with Gasteiger partial charge < -0.3 is 20.7 Å². The van der Waals surface area contributed by atoms with Crippen LogP contribution < -0.4 is 11.4 Å². The van der Waals surface area contributed by atoms with E-state index < -0.39 is 35.3 Å². The van der Waals surface area contributed by atoms with Crippen molar-refractivity contribution in [2.75, 3.05) is 5.73 Å². The maximum absolute atomic E-state index is 12.1. The number of nitrogen functional groups attached to an aromatic ring is 1. The summed E-state index contributed by atoms with van der Waals surface area (Å²) in [6, 6.07) is 1.38. The number of aromatic nitrogens is 2. The van der Waals surface area contributed by atoms with Crippen LogP contribution in [-0.4, -0.2) is 37.8 Å². The molecule has 8 nitrogen and oxygen atoms in total. The molecular weight excluding hydrogens is 290 g/mol. The summed E-state index contributed by atoms with van der Waals surface area (Å²) in [4.78, 5) is 27.4. The number of ketones is 1. The van der Waals surface area contributed by atoms with Crippen LogP contribution in [0, 0.1) is 5.41 Å². The molecule has 2 rings (SSSR count). The quantitative estimate of drug-likeness (QED) is 0.691. The number of Topliss-reactive ketones (excluding diaryl/α,β-unsaturated/α-hetero) is 1. The number of nitrogens with zero attached hydrogens (tertiary/aromatic N) is 2. The van der Waals surface area contributed by atoms with Gasteiger partial charge in [0.05, 0.1) is 0 Å². The molecule has 0 fully saturated rings. The molecule has 1 aromatic rings. The smallest absolute Gasteiger partial charge is 0.352 e. The van der Waals surface area contributed by atoms with E-state index in [4.69, 9.17) is 10.5 Å². The molecule has 120 valence electrons. The van der Waals surface area contributed by atoms with Gasteiger partial charge in [0.2, 0.25) is 6.23 Å². The van der Waals surface area contributed by atoms with Crippen molar-refractivity contribution < 1.29 is 19.7 Å². The highest BCUT2D eigenvalue weighted by atomic mass is 16.5. The maximum atomic E-state index is 12.1. The number of aliphatic hydroxyl groups is 2. The second-order valence-electron chi connectivity index (χ2n) is 6.13. The number of carbonyl (C=O) groups is 1. The van der Waals surface area contributed by atoms with Crippen molar-refractivity contribution in [2.24, 2.45) is 5.41 Å². The predicted molar refractivity (Wildman–Crippen MR) is 77.6 cm³/mol. The summed E-state index contributed by atoms with van der Waals surface area (Å²) in [5, 5.41) is 20.1. The largest absolute Gasteiger partial charge is 0.468 e. The Morgan fingerprint density at radius 1 is 1.50 bits per heavy atom. The Morgan fingerprint density at radius 3 is 2.68 bits per heavy atom. The molecular formula is C14H19N3O5. The van der Waals surface area contributed by atoms with Crippen LogP contribution in [0.4, 0.5) is 5.82 Å². The minimum absolute atomic E-state index is 0.0462. The van der Waals surface area contributed by atoms with Gasteiger partial charge in [-0.3, -0.25) is 9.36 Å². The Kier molecular flexibility index (Phi) is 4.08. The van der Waals surface area contributed by atoms with Crippen LogP contribution in [0.5, 0.6) is 0 Å². The molecule has 2 heterocycles. The number of nitrogens with two attached hydrogens (primary N) is 1. The van der Waals surface area contributed by atoms with Crippen LogP contribution in [0.2, 0.25) is 0 Å². The lowest BCUT2D eigenvalue weighted by atomic mass is 9.87. The van der Waals surface area contributed by atoms with E-state index in [9.17, 15) is 19.8 Å². The first-order chi connectivity index (χ1) is 10.1. The number of aliphatic hydroxyl groups excluding tert-OH is 2. The van der Waals surface area contributed by atoms with Gasteiger partial charge in [0.15, 0.2) is 11.9 Å². The fourth-order valence-corrected chi connectivity index (χ4v) is 2.03. The zero-order valence-electron chi connectivity index (χ0n) is 12.6. The molecule has 1 aliphatic heterocycles. The van der Waals surface area contributed by atoms with Crippen LogP contribution in [0.15, 0.2) is 28.9 Å². The van der Waals surface area contributed by atoms with Gasteiger partial charge >= 0.3 is 5.69 Å². The highest BCUT2D eigenvalue weighted by molar-refractivity contribution is 5.89. The highest BCUT2D eigenvalue weighted by Crippen LogP contribution is 2.30. The van der Waals surface area contributed by atoms with Gasteiger partial charge in [-0.1, -0.05) is 20.8 Å². The highest BCUT2D eigenvalue weighted by Gasteiger charge is 2.38. The van der Waals surface area contributed by atoms with E-state index in [2.05, 4.69) is 4.98 Å². The first kappa shape index (κ1) is 16.2. The van der Waals surface area contributed by atoms with E-state index in [0.717, 1.165) is 4.57 Å². The van der Waals surface area contributed by atoms with E-state index >= 15 is 0 Å². The fourth-order valence-electron chi connectivity index (χ4n) is 2.03. The van der Waals surface area contributed by atoms with Crippen LogP contribution in [-0.2, 0) is 9.53 Å². The minimum Gasteiger partial charge on any atom is -0.468 e. The second-order valence-corrected chi connectivity index (χ2v) is 6.13. The molecule has 0 aliphatic carbocycles. The zero-order valence-corrected chi connectivity index (χ0v) is 12.6. The lowest BCUT2D eigenvalue weighted by Gasteiger charge is -2.23. The van der Waals surface area contributed by atoms with Gasteiger partial charge in [-0.25, -0.2) is 4.79 Å². The Labute approximate surface area is 126 Å². The summed E-state index contributed by atoms with van der Waals surface area (Å²) in [6.45, 7) is 4.99. The van der Waals surface area contributed by atoms with Crippen molar-refractivity contribution in [3.05, 3.63) is 34.6 Å². The molecule has 0 radical (unpaired) electrons. The molecule has 0 saturated carbocycles. The maximum Gasteiger partial charge on any atom is 0.352 e. The van der Waals surface area contributed by atoms with E-state index in [1.54, 1.807) is 20.8 Å². The van der Waals surface area contributed by atoms with E-state index in [-0.39, 0.29) is 11.6 Å². The summed E-state index contributed by atoms with van der Waals surface area (Å²) >= 11 is 0. The summed E-state index contributed by atoms with van der Waals surface area (Å²) in [7, 11) is 0. The molecule has 0 saturated heterocycles. The zero-order chi connectivity index (χ0) is 16.7. The third kappa shape index (κ3) is 3.02. The third-order valence-electron chi connectivity index (χ3n) is 3.27. The Hall–Kier alpha value is -2.19. The van der Waals surface area contributed by atoms with Gasteiger partial charge in [-0.15, -0.1) is 0 Å². The summed E-state index contributed by atoms with van der Waals surface area (Å²) in [6.07, 6.45) is -1.26. The SMILES string of the molecule is CC(C)(C)C(=O)C(O)C1=C[C@@H](O)[C@H](n2ccc(N)nc2=O)O1. The average Bonchev–Trinajstić information content (AvgIpc) is 2.78. The fraction of sp³-hybridized carbons (Fsp3) is 0.500. The van der Waals surface area contributed by atoms with Crippen molar-refractivity contribution in [1.82, 2.24) is 9.55 Å². The van der Waals surface area contributed by atoms with Crippen LogP contribution >= 0.6 is 0 Å². The molecule has 1 aliphatic rings. The first-order valence-electron chi connectivity index (χ1n) is 6.75. The van der Waals surface area contributed by atoms with Gasteiger partial charge in [-0.05, 0) is 12.1 Å². The molecule has 3 atom stereocenters. The second kappa shape index (κ2) is 5.54. The Balaban J connectivity index is 2.23.